The molecular formula is C27H49N9O6. The predicted molar refractivity (Wildman–Crippen MR) is 156 cm³/mol. The van der Waals surface area contributed by atoms with Crippen LogP contribution in [0.25, 0.3) is 0 Å². The fourth-order valence-corrected chi connectivity index (χ4v) is 5.37. The van der Waals surface area contributed by atoms with Crippen molar-refractivity contribution in [3.05, 3.63) is 0 Å². The molecule has 4 amide bonds. The Morgan fingerprint density at radius 2 is 1.55 bits per heavy atom. The van der Waals surface area contributed by atoms with Gasteiger partial charge in [-0.15, -0.1) is 0 Å². The number of hydrogen-bond acceptors (Lipinski definition) is 9. The Bertz CT molecular complexity index is 987. The number of nitrogens with two attached hydrogens (primary N) is 4. The molecule has 2 aliphatic rings. The van der Waals surface area contributed by atoms with Crippen LogP contribution < -0.4 is 33.6 Å². The summed E-state index contributed by atoms with van der Waals surface area (Å²) < 4.78 is 0. The van der Waals surface area contributed by atoms with E-state index < -0.39 is 54.0 Å². The van der Waals surface area contributed by atoms with E-state index >= 15 is 0 Å². The standard InChI is InChI=1S/C27H49N9O6/c1-16(37)18(9-5-13-32-27(30)31)33-23(39)20-10-6-14-35(20)26(42)21-11-7-15-36(21)25(41)19(8-3-4-12-28)34-24(40)22(29)17(2)38/h17-22,38H,3-15,28-29H2,1-2H3,(H,33,39)(H,34,40)(H4,30,31,32)/t17-,18?,19?,20?,21?,22?/m1/s1. The van der Waals surface area contributed by atoms with Crippen LogP contribution in [0.2, 0.25) is 0 Å². The summed E-state index contributed by atoms with van der Waals surface area (Å²) >= 11 is 0. The van der Waals surface area contributed by atoms with Crippen LogP contribution in [0.15, 0.2) is 4.99 Å². The van der Waals surface area contributed by atoms with Crippen LogP contribution >= 0.6 is 0 Å². The van der Waals surface area contributed by atoms with Gasteiger partial charge in [0, 0.05) is 19.6 Å². The van der Waals surface area contributed by atoms with Crippen LogP contribution in [0.3, 0.4) is 0 Å². The van der Waals surface area contributed by atoms with Crippen molar-refractivity contribution in [2.24, 2.45) is 27.9 Å². The van der Waals surface area contributed by atoms with E-state index in [-0.39, 0.29) is 17.6 Å². The molecule has 0 spiro atoms. The number of hydrogen-bond donors (Lipinski definition) is 7. The van der Waals surface area contributed by atoms with Gasteiger partial charge in [-0.3, -0.25) is 29.0 Å². The number of nitrogens with zero attached hydrogens (tertiary/aromatic N) is 3. The summed E-state index contributed by atoms with van der Waals surface area (Å²) in [4.78, 5) is 72.3. The third kappa shape index (κ3) is 9.91. The second kappa shape index (κ2) is 17.0. The van der Waals surface area contributed by atoms with Crippen molar-refractivity contribution in [2.45, 2.75) is 108 Å². The summed E-state index contributed by atoms with van der Waals surface area (Å²) in [5.41, 5.74) is 22.1. The number of Topliss-reactive ketones (excluding diaryl/α,β-unsaturated/α-hetero) is 1. The average Bonchev–Trinajstić information content (AvgIpc) is 3.63. The minimum atomic E-state index is -1.21. The van der Waals surface area contributed by atoms with Crippen molar-refractivity contribution in [1.82, 2.24) is 20.4 Å². The lowest BCUT2D eigenvalue weighted by Crippen LogP contribution is -2.58. The summed E-state index contributed by atoms with van der Waals surface area (Å²) in [7, 11) is 0. The maximum atomic E-state index is 13.8. The molecule has 6 atom stereocenters. The quantitative estimate of drug-likeness (QED) is 0.0557. The van der Waals surface area contributed by atoms with E-state index in [2.05, 4.69) is 15.6 Å². The van der Waals surface area contributed by atoms with Crippen LogP contribution in [0.1, 0.15) is 71.6 Å². The number of rotatable bonds is 16. The van der Waals surface area contributed by atoms with Gasteiger partial charge in [0.25, 0.3) is 0 Å². The first kappa shape index (κ1) is 34.9. The van der Waals surface area contributed by atoms with E-state index in [1.807, 2.05) is 0 Å². The lowest BCUT2D eigenvalue weighted by atomic mass is 10.0. The first-order valence-corrected chi connectivity index (χ1v) is 14.8. The highest BCUT2D eigenvalue weighted by Gasteiger charge is 2.44. The molecule has 2 rings (SSSR count). The molecule has 2 saturated heterocycles. The third-order valence-electron chi connectivity index (χ3n) is 7.80. The Balaban J connectivity index is 2.12. The van der Waals surface area contributed by atoms with E-state index in [1.165, 1.54) is 23.6 Å². The molecule has 5 unspecified atom stereocenters. The maximum Gasteiger partial charge on any atom is 0.246 e. The second-order valence-corrected chi connectivity index (χ2v) is 11.1. The highest BCUT2D eigenvalue weighted by Crippen LogP contribution is 2.26. The minimum absolute atomic E-state index is 0.0504. The molecule has 2 fully saturated rings. The average molecular weight is 596 g/mol. The first-order valence-electron chi connectivity index (χ1n) is 14.8. The van der Waals surface area contributed by atoms with Gasteiger partial charge in [-0.1, -0.05) is 0 Å². The first-order chi connectivity index (χ1) is 19.9. The Labute approximate surface area is 247 Å². The van der Waals surface area contributed by atoms with Crippen molar-refractivity contribution < 1.29 is 29.1 Å². The van der Waals surface area contributed by atoms with Crippen molar-refractivity contribution in [3.63, 3.8) is 0 Å². The molecule has 0 saturated carbocycles. The van der Waals surface area contributed by atoms with E-state index in [9.17, 15) is 29.1 Å². The summed E-state index contributed by atoms with van der Waals surface area (Å²) in [5, 5.41) is 15.1. The molecule has 11 N–H and O–H groups in total. The number of guanidine groups is 1. The zero-order chi connectivity index (χ0) is 31.4. The number of nitrogens with one attached hydrogen (secondary N) is 2. The van der Waals surface area contributed by atoms with Crippen LogP contribution in [0.5, 0.6) is 0 Å². The number of ketones is 1. The van der Waals surface area contributed by atoms with Crippen LogP contribution in [-0.2, 0) is 24.0 Å². The van der Waals surface area contributed by atoms with Gasteiger partial charge < -0.3 is 48.5 Å². The van der Waals surface area contributed by atoms with Gasteiger partial charge >= 0.3 is 0 Å². The molecule has 0 aliphatic carbocycles. The molecule has 238 valence electrons. The highest BCUT2D eigenvalue weighted by atomic mass is 16.3. The predicted octanol–water partition coefficient (Wildman–Crippen LogP) is -2.58. The molecule has 42 heavy (non-hydrogen) atoms. The number of carbonyl (C=O) groups is 5. The smallest absolute Gasteiger partial charge is 0.246 e. The molecule has 2 aliphatic heterocycles. The SMILES string of the molecule is CC(=O)C(CCCN=C(N)N)NC(=O)C1CCCN1C(=O)C1CCCN1C(=O)C(CCCCN)NC(=O)C(N)[C@@H](C)O. The molecular weight excluding hydrogens is 546 g/mol. The Kier molecular flexibility index (Phi) is 14.1. The molecule has 0 radical (unpaired) electrons. The molecule has 0 bridgehead atoms. The van der Waals surface area contributed by atoms with E-state index in [1.54, 1.807) is 0 Å². The fraction of sp³-hybridized carbons (Fsp3) is 0.778. The monoisotopic (exact) mass is 595 g/mol. The zero-order valence-electron chi connectivity index (χ0n) is 24.8. The Morgan fingerprint density at radius 3 is 2.14 bits per heavy atom. The van der Waals surface area contributed by atoms with Gasteiger partial charge in [0.15, 0.2) is 11.7 Å². The number of carbonyl (C=O) groups excluding carboxylic acids is 5. The number of amides is 4. The fourth-order valence-electron chi connectivity index (χ4n) is 5.37. The number of unbranched alkanes of at least 4 members (excludes halogenated alkanes) is 1. The van der Waals surface area contributed by atoms with Crippen molar-refractivity contribution in [3.8, 4) is 0 Å². The molecule has 0 aromatic carbocycles. The van der Waals surface area contributed by atoms with Gasteiger partial charge in [-0.2, -0.15) is 0 Å². The number of aliphatic hydroxyl groups excluding tert-OH is 1. The van der Waals surface area contributed by atoms with E-state index in [4.69, 9.17) is 22.9 Å². The normalized spacial score (nSPS) is 21.3. The van der Waals surface area contributed by atoms with E-state index in [0.717, 1.165) is 0 Å². The molecule has 0 aromatic heterocycles. The third-order valence-corrected chi connectivity index (χ3v) is 7.80. The summed E-state index contributed by atoms with van der Waals surface area (Å²) in [6.07, 6.45) is 3.30. The van der Waals surface area contributed by atoms with Gasteiger partial charge in [-0.05, 0) is 78.2 Å². The molecule has 15 nitrogen and oxygen atoms in total. The second-order valence-electron chi connectivity index (χ2n) is 11.1. The number of aliphatic imine (C=N–C) groups is 1. The lowest BCUT2D eigenvalue weighted by molar-refractivity contribution is -0.148. The Morgan fingerprint density at radius 1 is 0.929 bits per heavy atom. The van der Waals surface area contributed by atoms with Crippen molar-refractivity contribution >= 4 is 35.4 Å². The van der Waals surface area contributed by atoms with Gasteiger partial charge in [0.1, 0.15) is 24.2 Å². The largest absolute Gasteiger partial charge is 0.391 e. The van der Waals surface area contributed by atoms with Crippen LogP contribution in [0, 0.1) is 0 Å². The van der Waals surface area contributed by atoms with Crippen molar-refractivity contribution in [1.29, 1.82) is 0 Å². The maximum absolute atomic E-state index is 13.8. The summed E-state index contributed by atoms with van der Waals surface area (Å²) in [6, 6.07) is -4.43. The Hall–Kier alpha value is -3.30. The minimum Gasteiger partial charge on any atom is -0.391 e. The van der Waals surface area contributed by atoms with Crippen LogP contribution in [0.4, 0.5) is 0 Å². The molecule has 2 heterocycles. The lowest BCUT2D eigenvalue weighted by Gasteiger charge is -2.33. The summed E-state index contributed by atoms with van der Waals surface area (Å²) in [6.45, 7) is 4.20. The topological polar surface area (TPSA) is 253 Å². The zero-order valence-corrected chi connectivity index (χ0v) is 24.8. The van der Waals surface area contributed by atoms with Gasteiger partial charge in [0.05, 0.1) is 12.1 Å². The number of likely N-dealkylation sites (tertiary alicyclic amines) is 2. The number of aliphatic hydroxyl groups is 1. The highest BCUT2D eigenvalue weighted by molar-refractivity contribution is 5.96. The summed E-state index contributed by atoms with van der Waals surface area (Å²) in [5.74, 6) is -2.09. The van der Waals surface area contributed by atoms with Crippen molar-refractivity contribution in [2.75, 3.05) is 26.2 Å². The molecule has 0 aromatic rings. The molecule has 15 heteroatoms. The van der Waals surface area contributed by atoms with Gasteiger partial charge in [-0.25, -0.2) is 0 Å². The van der Waals surface area contributed by atoms with Crippen LogP contribution in [-0.4, -0.2) is 113 Å². The van der Waals surface area contributed by atoms with Gasteiger partial charge in [0.2, 0.25) is 23.6 Å². The van der Waals surface area contributed by atoms with E-state index in [0.29, 0.717) is 84.0 Å².